The Morgan fingerprint density at radius 3 is 2.59 bits per heavy atom. The van der Waals surface area contributed by atoms with Gasteiger partial charge in [0.25, 0.3) is 11.8 Å². The van der Waals surface area contributed by atoms with E-state index >= 15 is 0 Å². The molecular formula is C18H15F3N2O4. The van der Waals surface area contributed by atoms with Crippen molar-refractivity contribution in [2.45, 2.75) is 19.3 Å². The summed E-state index contributed by atoms with van der Waals surface area (Å²) in [5.74, 6) is -0.579. The molecule has 9 heteroatoms. The van der Waals surface area contributed by atoms with Gasteiger partial charge in [0.2, 0.25) is 0 Å². The molecule has 0 fully saturated rings. The number of carbonyl (C=O) groups is 2. The number of anilines is 1. The smallest absolute Gasteiger partial charge is 0.482 e. The molecule has 2 N–H and O–H groups in total. The molecule has 1 atom stereocenters. The van der Waals surface area contributed by atoms with Crippen molar-refractivity contribution < 1.29 is 32.2 Å². The number of carbonyl (C=O) groups excluding carboxylic acids is 2. The molecule has 0 saturated heterocycles. The van der Waals surface area contributed by atoms with Crippen molar-refractivity contribution in [3.05, 3.63) is 53.6 Å². The fourth-order valence-electron chi connectivity index (χ4n) is 2.55. The summed E-state index contributed by atoms with van der Waals surface area (Å²) in [4.78, 5) is 23.8. The molecule has 1 heterocycles. The van der Waals surface area contributed by atoms with Crippen LogP contribution in [0.3, 0.4) is 0 Å². The van der Waals surface area contributed by atoms with Crippen LogP contribution in [0.2, 0.25) is 0 Å². The van der Waals surface area contributed by atoms with Crippen molar-refractivity contribution in [1.82, 2.24) is 5.32 Å². The molecule has 1 aliphatic rings. The number of alkyl halides is 3. The number of benzene rings is 2. The average Bonchev–Trinajstić information content (AvgIpc) is 2.60. The van der Waals surface area contributed by atoms with Gasteiger partial charge in [-0.15, -0.1) is 13.2 Å². The van der Waals surface area contributed by atoms with E-state index in [2.05, 4.69) is 15.4 Å². The highest BCUT2D eigenvalue weighted by molar-refractivity contribution is 5.99. The molecule has 27 heavy (non-hydrogen) atoms. The Labute approximate surface area is 152 Å². The maximum atomic E-state index is 12.4. The first-order valence-corrected chi connectivity index (χ1v) is 7.94. The summed E-state index contributed by atoms with van der Waals surface area (Å²) in [5.41, 5.74) is 1.32. The second-order valence-electron chi connectivity index (χ2n) is 5.86. The zero-order chi connectivity index (χ0) is 19.6. The molecule has 142 valence electrons. The van der Waals surface area contributed by atoms with Gasteiger partial charge in [-0.1, -0.05) is 12.1 Å². The Bertz CT molecular complexity index is 866. The van der Waals surface area contributed by atoms with E-state index in [1.165, 1.54) is 30.3 Å². The number of halogens is 3. The van der Waals surface area contributed by atoms with Gasteiger partial charge in [0.1, 0.15) is 11.5 Å². The van der Waals surface area contributed by atoms with Crippen molar-refractivity contribution in [3.63, 3.8) is 0 Å². The number of hydrogen-bond acceptors (Lipinski definition) is 4. The van der Waals surface area contributed by atoms with Gasteiger partial charge in [0, 0.05) is 5.56 Å². The summed E-state index contributed by atoms with van der Waals surface area (Å²) in [6, 6.07) is 9.40. The van der Waals surface area contributed by atoms with E-state index < -0.39 is 18.3 Å². The highest BCUT2D eigenvalue weighted by atomic mass is 19.4. The Hall–Kier alpha value is -3.23. The van der Waals surface area contributed by atoms with E-state index in [0.717, 1.165) is 0 Å². The minimum Gasteiger partial charge on any atom is -0.482 e. The second kappa shape index (κ2) is 7.18. The number of ether oxygens (including phenoxy) is 2. The van der Waals surface area contributed by atoms with Crippen LogP contribution in [-0.2, 0) is 4.79 Å². The predicted octanol–water partition coefficient (Wildman–Crippen LogP) is 3.41. The third kappa shape index (κ3) is 4.69. The van der Waals surface area contributed by atoms with Gasteiger partial charge in [-0.2, -0.15) is 0 Å². The van der Waals surface area contributed by atoms with Crippen LogP contribution < -0.4 is 20.1 Å². The second-order valence-corrected chi connectivity index (χ2v) is 5.86. The molecule has 0 saturated carbocycles. The molecule has 0 radical (unpaired) electrons. The van der Waals surface area contributed by atoms with Crippen LogP contribution in [0.1, 0.15) is 28.9 Å². The molecule has 0 spiro atoms. The first-order chi connectivity index (χ1) is 12.7. The van der Waals surface area contributed by atoms with E-state index in [9.17, 15) is 22.8 Å². The summed E-state index contributed by atoms with van der Waals surface area (Å²) in [6.07, 6.45) is -4.76. The van der Waals surface area contributed by atoms with Crippen LogP contribution in [0.15, 0.2) is 42.5 Å². The van der Waals surface area contributed by atoms with E-state index in [-0.39, 0.29) is 18.3 Å². The molecule has 0 unspecified atom stereocenters. The van der Waals surface area contributed by atoms with Crippen LogP contribution in [0.25, 0.3) is 0 Å². The number of amides is 2. The fraction of sp³-hybridized carbons (Fsp3) is 0.222. The summed E-state index contributed by atoms with van der Waals surface area (Å²) in [5, 5.41) is 5.36. The van der Waals surface area contributed by atoms with Gasteiger partial charge in [-0.3, -0.25) is 9.59 Å². The van der Waals surface area contributed by atoms with Crippen molar-refractivity contribution in [3.8, 4) is 11.5 Å². The van der Waals surface area contributed by atoms with E-state index in [1.54, 1.807) is 19.1 Å². The maximum Gasteiger partial charge on any atom is 0.573 e. The Balaban J connectivity index is 1.67. The standard InChI is InChI=1S/C18H15F3N2O4/c1-10(11-2-5-13(6-3-11)27-18(19,20)21)22-17(25)12-4-7-15-14(8-12)23-16(24)9-26-15/h2-8,10H,9H2,1H3,(H,22,25)(H,23,24)/t10-/m0/s1. The molecule has 1 aliphatic heterocycles. The van der Waals surface area contributed by atoms with Crippen LogP contribution in [0.4, 0.5) is 18.9 Å². The Morgan fingerprint density at radius 2 is 1.93 bits per heavy atom. The largest absolute Gasteiger partial charge is 0.573 e. The summed E-state index contributed by atoms with van der Waals surface area (Å²) >= 11 is 0. The number of fused-ring (bicyclic) bond motifs is 1. The fourth-order valence-corrected chi connectivity index (χ4v) is 2.55. The third-order valence-electron chi connectivity index (χ3n) is 3.84. The third-order valence-corrected chi connectivity index (χ3v) is 3.84. The minimum atomic E-state index is -4.76. The van der Waals surface area contributed by atoms with Crippen molar-refractivity contribution >= 4 is 17.5 Å². The first-order valence-electron chi connectivity index (χ1n) is 7.94. The van der Waals surface area contributed by atoms with Crippen molar-refractivity contribution in [1.29, 1.82) is 0 Å². The molecule has 2 aromatic carbocycles. The Morgan fingerprint density at radius 1 is 1.22 bits per heavy atom. The van der Waals surface area contributed by atoms with Gasteiger partial charge in [0.15, 0.2) is 6.61 Å². The lowest BCUT2D eigenvalue weighted by Crippen LogP contribution is -2.28. The SMILES string of the molecule is C[C@H](NC(=O)c1ccc2c(c1)NC(=O)CO2)c1ccc(OC(F)(F)F)cc1. The van der Waals surface area contributed by atoms with Gasteiger partial charge in [0.05, 0.1) is 11.7 Å². The molecule has 2 amide bonds. The molecular weight excluding hydrogens is 365 g/mol. The van der Waals surface area contributed by atoms with Crippen LogP contribution in [-0.4, -0.2) is 24.8 Å². The van der Waals surface area contributed by atoms with Crippen molar-refractivity contribution in [2.24, 2.45) is 0 Å². The lowest BCUT2D eigenvalue weighted by Gasteiger charge is -2.19. The van der Waals surface area contributed by atoms with Gasteiger partial charge in [-0.25, -0.2) is 0 Å². The zero-order valence-electron chi connectivity index (χ0n) is 14.1. The predicted molar refractivity (Wildman–Crippen MR) is 89.6 cm³/mol. The monoisotopic (exact) mass is 380 g/mol. The van der Waals surface area contributed by atoms with Crippen molar-refractivity contribution in [2.75, 3.05) is 11.9 Å². The minimum absolute atomic E-state index is 0.0797. The van der Waals surface area contributed by atoms with Gasteiger partial charge >= 0.3 is 6.36 Å². The first kappa shape index (κ1) is 18.6. The molecule has 0 aromatic heterocycles. The normalized spacial score (nSPS) is 14.4. The number of nitrogens with one attached hydrogen (secondary N) is 2. The lowest BCUT2D eigenvalue weighted by atomic mass is 10.1. The molecule has 2 aromatic rings. The number of hydrogen-bond donors (Lipinski definition) is 2. The highest BCUT2D eigenvalue weighted by Crippen LogP contribution is 2.29. The van der Waals surface area contributed by atoms with E-state index in [0.29, 0.717) is 22.6 Å². The average molecular weight is 380 g/mol. The summed E-state index contributed by atoms with van der Waals surface area (Å²) in [6.45, 7) is 1.62. The Kier molecular flexibility index (Phi) is 4.93. The molecule has 0 aliphatic carbocycles. The molecule has 0 bridgehead atoms. The van der Waals surface area contributed by atoms with E-state index in [4.69, 9.17) is 4.74 Å². The number of rotatable bonds is 4. The molecule has 6 nitrogen and oxygen atoms in total. The van der Waals surface area contributed by atoms with Crippen LogP contribution in [0, 0.1) is 0 Å². The van der Waals surface area contributed by atoms with Gasteiger partial charge < -0.3 is 20.1 Å². The van der Waals surface area contributed by atoms with Crippen LogP contribution in [0.5, 0.6) is 11.5 Å². The zero-order valence-corrected chi connectivity index (χ0v) is 14.1. The topological polar surface area (TPSA) is 76.7 Å². The quantitative estimate of drug-likeness (QED) is 0.852. The molecule has 3 rings (SSSR count). The van der Waals surface area contributed by atoms with Crippen LogP contribution >= 0.6 is 0 Å². The lowest BCUT2D eigenvalue weighted by molar-refractivity contribution is -0.274. The maximum absolute atomic E-state index is 12.4. The summed E-state index contributed by atoms with van der Waals surface area (Å²) < 4.78 is 45.6. The van der Waals surface area contributed by atoms with Gasteiger partial charge in [-0.05, 0) is 42.8 Å². The van der Waals surface area contributed by atoms with E-state index in [1.807, 2.05) is 0 Å². The summed E-state index contributed by atoms with van der Waals surface area (Å²) in [7, 11) is 0. The highest BCUT2D eigenvalue weighted by Gasteiger charge is 2.31.